The highest BCUT2D eigenvalue weighted by Gasteiger charge is 2.54. The minimum absolute atomic E-state index is 0.0627. The Morgan fingerprint density at radius 2 is 2.04 bits per heavy atom. The molecule has 0 spiro atoms. The predicted octanol–water partition coefficient (Wildman–Crippen LogP) is 4.03. The van der Waals surface area contributed by atoms with Crippen molar-refractivity contribution < 1.29 is 14.5 Å². The first-order valence-electron chi connectivity index (χ1n) is 8.84. The third-order valence-electron chi connectivity index (χ3n) is 6.93. The van der Waals surface area contributed by atoms with Crippen molar-refractivity contribution in [1.82, 2.24) is 0 Å². The van der Waals surface area contributed by atoms with Gasteiger partial charge in [-0.15, -0.1) is 0 Å². The maximum absolute atomic E-state index is 12.4. The lowest BCUT2D eigenvalue weighted by atomic mass is 9.55. The van der Waals surface area contributed by atoms with Crippen LogP contribution in [0.5, 0.6) is 5.75 Å². The molecule has 4 atom stereocenters. The fraction of sp³-hybridized carbons (Fsp3) is 0.632. The van der Waals surface area contributed by atoms with Crippen LogP contribution in [0.1, 0.15) is 56.1 Å². The van der Waals surface area contributed by atoms with Crippen LogP contribution in [-0.4, -0.2) is 17.8 Å². The number of nitro groups is 1. The molecule has 128 valence electrons. The van der Waals surface area contributed by atoms with Gasteiger partial charge in [-0.05, 0) is 67.1 Å². The molecule has 3 aliphatic carbocycles. The van der Waals surface area contributed by atoms with Crippen molar-refractivity contribution in [2.75, 3.05) is 7.11 Å². The van der Waals surface area contributed by atoms with Gasteiger partial charge in [-0.3, -0.25) is 14.9 Å². The normalized spacial score (nSPS) is 34.2. The lowest BCUT2D eigenvalue weighted by Crippen LogP contribution is -2.42. The largest absolute Gasteiger partial charge is 0.490 e. The Bertz CT molecular complexity index is 728. The van der Waals surface area contributed by atoms with Crippen molar-refractivity contribution >= 4 is 11.5 Å². The van der Waals surface area contributed by atoms with E-state index in [9.17, 15) is 14.9 Å². The summed E-state index contributed by atoms with van der Waals surface area (Å²) in [7, 11) is 1.48. The Morgan fingerprint density at radius 3 is 2.75 bits per heavy atom. The van der Waals surface area contributed by atoms with Crippen molar-refractivity contribution in [3.8, 4) is 5.75 Å². The van der Waals surface area contributed by atoms with Crippen LogP contribution in [-0.2, 0) is 11.2 Å². The van der Waals surface area contributed by atoms with Crippen LogP contribution in [0.2, 0.25) is 0 Å². The molecule has 24 heavy (non-hydrogen) atoms. The van der Waals surface area contributed by atoms with Gasteiger partial charge in [0.1, 0.15) is 5.78 Å². The van der Waals surface area contributed by atoms with Gasteiger partial charge in [0.25, 0.3) is 0 Å². The second-order valence-corrected chi connectivity index (χ2v) is 7.81. The summed E-state index contributed by atoms with van der Waals surface area (Å²) in [6.45, 7) is 2.15. The fourth-order valence-corrected chi connectivity index (χ4v) is 5.66. The first kappa shape index (κ1) is 15.6. The van der Waals surface area contributed by atoms with Crippen molar-refractivity contribution in [2.45, 2.75) is 51.4 Å². The van der Waals surface area contributed by atoms with E-state index in [1.54, 1.807) is 6.07 Å². The summed E-state index contributed by atoms with van der Waals surface area (Å²) in [5.74, 6) is 2.06. The molecule has 0 radical (unpaired) electrons. The topological polar surface area (TPSA) is 69.4 Å². The molecular weight excluding hydrogens is 306 g/mol. The number of rotatable bonds is 2. The molecule has 0 amide bonds. The second-order valence-electron chi connectivity index (χ2n) is 7.81. The molecule has 0 heterocycles. The molecule has 0 N–H and O–H groups in total. The van der Waals surface area contributed by atoms with E-state index in [-0.39, 0.29) is 16.0 Å². The number of hydrogen-bond acceptors (Lipinski definition) is 4. The molecule has 5 nitrogen and oxygen atoms in total. The van der Waals surface area contributed by atoms with Crippen LogP contribution in [0.4, 0.5) is 5.69 Å². The molecule has 0 saturated heterocycles. The number of carbonyl (C=O) groups is 1. The van der Waals surface area contributed by atoms with Crippen LogP contribution < -0.4 is 4.74 Å². The molecular formula is C19H23NO4. The average Bonchev–Trinajstić information content (AvgIpc) is 2.88. The van der Waals surface area contributed by atoms with Gasteiger partial charge in [-0.2, -0.15) is 0 Å². The number of fused-ring (bicyclic) bond motifs is 5. The monoisotopic (exact) mass is 329 g/mol. The number of carbonyl (C=O) groups excluding carboxylic acids is 1. The van der Waals surface area contributed by atoms with Crippen LogP contribution >= 0.6 is 0 Å². The zero-order valence-electron chi connectivity index (χ0n) is 14.2. The molecule has 5 heteroatoms. The summed E-state index contributed by atoms with van der Waals surface area (Å²) in [5.41, 5.74) is 2.22. The highest BCUT2D eigenvalue weighted by Crippen LogP contribution is 2.60. The number of nitro benzene ring substituents is 1. The van der Waals surface area contributed by atoms with E-state index in [4.69, 9.17) is 4.74 Å². The van der Waals surface area contributed by atoms with E-state index in [0.29, 0.717) is 35.7 Å². The minimum Gasteiger partial charge on any atom is -0.490 e. The summed E-state index contributed by atoms with van der Waals surface area (Å²) < 4.78 is 5.22. The van der Waals surface area contributed by atoms with E-state index < -0.39 is 0 Å². The van der Waals surface area contributed by atoms with Gasteiger partial charge in [-0.25, -0.2) is 0 Å². The molecule has 0 aromatic heterocycles. The van der Waals surface area contributed by atoms with Crippen LogP contribution in [0.3, 0.4) is 0 Å². The summed E-state index contributed by atoms with van der Waals surface area (Å²) in [4.78, 5) is 23.4. The Balaban J connectivity index is 1.76. The Hall–Kier alpha value is -1.91. The molecule has 1 aromatic carbocycles. The molecule has 2 fully saturated rings. The number of hydrogen-bond donors (Lipinski definition) is 0. The lowest BCUT2D eigenvalue weighted by Gasteiger charge is -2.48. The van der Waals surface area contributed by atoms with Gasteiger partial charge in [0.15, 0.2) is 5.75 Å². The molecule has 0 aliphatic heterocycles. The SMILES string of the molecule is COc1cc2c(cc1[N+](=O)[O-])[C@@H]1CC[C@]3(C)C(=O)CC[C@H]3[C@@H]1CC2. The zero-order valence-corrected chi connectivity index (χ0v) is 14.2. The summed E-state index contributed by atoms with van der Waals surface area (Å²) in [6.07, 6.45) is 5.57. The highest BCUT2D eigenvalue weighted by molar-refractivity contribution is 5.87. The summed E-state index contributed by atoms with van der Waals surface area (Å²) >= 11 is 0. The van der Waals surface area contributed by atoms with Crippen molar-refractivity contribution in [3.05, 3.63) is 33.4 Å². The first-order chi connectivity index (χ1) is 11.5. The van der Waals surface area contributed by atoms with E-state index in [2.05, 4.69) is 6.92 Å². The third-order valence-corrected chi connectivity index (χ3v) is 6.93. The van der Waals surface area contributed by atoms with Crippen LogP contribution in [0.15, 0.2) is 12.1 Å². The number of methoxy groups -OCH3 is 1. The van der Waals surface area contributed by atoms with Gasteiger partial charge in [-0.1, -0.05) is 6.92 Å². The van der Waals surface area contributed by atoms with Crippen molar-refractivity contribution in [1.29, 1.82) is 0 Å². The summed E-state index contributed by atoms with van der Waals surface area (Å²) in [6, 6.07) is 3.60. The van der Waals surface area contributed by atoms with Crippen molar-refractivity contribution in [3.63, 3.8) is 0 Å². The molecule has 0 unspecified atom stereocenters. The minimum atomic E-state index is -0.352. The standard InChI is InChI=1S/C19H23NO4/c1-19-8-7-12-13(15(19)5-6-18(19)21)4-3-11-9-17(24-2)16(20(22)23)10-14(11)12/h9-10,12-13,15H,3-8H2,1-2H3/t12-,13-,15+,19+/m1/s1. The summed E-state index contributed by atoms with van der Waals surface area (Å²) in [5, 5.41) is 11.4. The number of Topliss-reactive ketones (excluding diaryl/α,β-unsaturated/α-hetero) is 1. The number of aryl methyl sites for hydroxylation is 1. The van der Waals surface area contributed by atoms with E-state index in [1.165, 1.54) is 12.7 Å². The predicted molar refractivity (Wildman–Crippen MR) is 89.3 cm³/mol. The van der Waals surface area contributed by atoms with Gasteiger partial charge < -0.3 is 4.74 Å². The maximum Gasteiger partial charge on any atom is 0.311 e. The Labute approximate surface area is 141 Å². The van der Waals surface area contributed by atoms with Crippen LogP contribution in [0, 0.1) is 27.4 Å². The lowest BCUT2D eigenvalue weighted by molar-refractivity contribution is -0.385. The maximum atomic E-state index is 12.4. The quantitative estimate of drug-likeness (QED) is 0.607. The number of nitrogens with zero attached hydrogens (tertiary/aromatic N) is 1. The van der Waals surface area contributed by atoms with Crippen molar-refractivity contribution in [2.24, 2.45) is 17.3 Å². The number of benzene rings is 1. The first-order valence-corrected chi connectivity index (χ1v) is 8.84. The molecule has 0 bridgehead atoms. The fourth-order valence-electron chi connectivity index (χ4n) is 5.66. The van der Waals surface area contributed by atoms with E-state index in [1.807, 2.05) is 6.07 Å². The molecule has 3 aliphatic rings. The van der Waals surface area contributed by atoms with Crippen LogP contribution in [0.25, 0.3) is 0 Å². The van der Waals surface area contributed by atoms with Gasteiger partial charge in [0.2, 0.25) is 0 Å². The van der Waals surface area contributed by atoms with E-state index in [0.717, 1.165) is 37.7 Å². The zero-order chi connectivity index (χ0) is 17.1. The second kappa shape index (κ2) is 5.30. The van der Waals surface area contributed by atoms with E-state index >= 15 is 0 Å². The Kier molecular flexibility index (Phi) is 3.44. The molecule has 2 saturated carbocycles. The average molecular weight is 329 g/mol. The number of ether oxygens (including phenoxy) is 1. The van der Waals surface area contributed by atoms with Gasteiger partial charge in [0, 0.05) is 17.9 Å². The smallest absolute Gasteiger partial charge is 0.311 e. The van der Waals surface area contributed by atoms with Gasteiger partial charge >= 0.3 is 5.69 Å². The third kappa shape index (κ3) is 2.03. The molecule has 1 aromatic rings. The number of ketones is 1. The molecule has 4 rings (SSSR count). The highest BCUT2D eigenvalue weighted by atomic mass is 16.6. The van der Waals surface area contributed by atoms with Gasteiger partial charge in [0.05, 0.1) is 12.0 Å². The Morgan fingerprint density at radius 1 is 1.25 bits per heavy atom.